The summed E-state index contributed by atoms with van der Waals surface area (Å²) < 4.78 is 14.6. The van der Waals surface area contributed by atoms with Gasteiger partial charge in [-0.1, -0.05) is 164 Å². The summed E-state index contributed by atoms with van der Waals surface area (Å²) in [5, 5.41) is 15.1. The highest BCUT2D eigenvalue weighted by molar-refractivity contribution is 7.27. The molecule has 8 heteroatoms. The maximum absolute atomic E-state index is 5.54. The molecule has 0 spiro atoms. The summed E-state index contributed by atoms with van der Waals surface area (Å²) in [6.45, 7) is 0. The maximum Gasteiger partial charge on any atom is 0.220 e. The largest absolute Gasteiger partial charge is 0.278 e. The van der Waals surface area contributed by atoms with Crippen LogP contribution in [-0.4, -0.2) is 28.2 Å². The first-order chi connectivity index (χ1) is 38.7. The van der Waals surface area contributed by atoms with Crippen LogP contribution in [0, 0.1) is 0 Å². The molecule has 0 aliphatic heterocycles. The van der Waals surface area contributed by atoms with E-state index in [1.54, 1.807) is 0 Å². The predicted octanol–water partition coefficient (Wildman–Crippen LogP) is 19.3. The molecule has 18 aromatic rings. The Hall–Kier alpha value is -9.86. The van der Waals surface area contributed by atoms with E-state index in [1.165, 1.54) is 100 Å². The lowest BCUT2D eigenvalue weighted by Crippen LogP contribution is -2.05. The lowest BCUT2D eigenvalue weighted by Gasteiger charge is -2.14. The van der Waals surface area contributed by atoms with E-state index in [9.17, 15) is 0 Å². The molecule has 6 aromatic heterocycles. The molecule has 0 aliphatic carbocycles. The van der Waals surface area contributed by atoms with Crippen LogP contribution in [0.25, 0.3) is 162 Å². The molecule has 362 valence electrons. The topological polar surface area (TPSA) is 45.5 Å². The van der Waals surface area contributed by atoms with Crippen molar-refractivity contribution in [2.24, 2.45) is 0 Å². The van der Waals surface area contributed by atoms with E-state index in [1.807, 2.05) is 22.7 Å². The van der Waals surface area contributed by atoms with Gasteiger partial charge >= 0.3 is 0 Å². The zero-order chi connectivity index (χ0) is 50.7. The Labute approximate surface area is 452 Å². The quantitative estimate of drug-likeness (QED) is 0.172. The number of para-hydroxylation sites is 7. The Morgan fingerprint density at radius 3 is 1.38 bits per heavy atom. The van der Waals surface area contributed by atoms with E-state index >= 15 is 0 Å². The molecule has 0 N–H and O–H groups in total. The van der Waals surface area contributed by atoms with Crippen LogP contribution in [0.2, 0.25) is 0 Å². The molecular formula is C70H40N6S2. The number of hydrogen-bond donors (Lipinski definition) is 0. The minimum absolute atomic E-state index is 0.863. The fourth-order valence-corrected chi connectivity index (χ4v) is 15.6. The zero-order valence-corrected chi connectivity index (χ0v) is 43.2. The van der Waals surface area contributed by atoms with E-state index < -0.39 is 0 Å². The summed E-state index contributed by atoms with van der Waals surface area (Å²) in [6, 6.07) is 88.4. The average molecular weight is 1030 g/mol. The van der Waals surface area contributed by atoms with Crippen molar-refractivity contribution in [1.82, 2.24) is 28.2 Å². The Morgan fingerprint density at radius 1 is 0.269 bits per heavy atom. The van der Waals surface area contributed by atoms with Crippen molar-refractivity contribution in [3.63, 3.8) is 0 Å². The molecule has 18 rings (SSSR count). The molecule has 6 heterocycles. The van der Waals surface area contributed by atoms with Gasteiger partial charge < -0.3 is 0 Å². The first kappa shape index (κ1) is 42.4. The van der Waals surface area contributed by atoms with Crippen molar-refractivity contribution in [2.75, 3.05) is 0 Å². The molecule has 0 fully saturated rings. The van der Waals surface area contributed by atoms with E-state index in [4.69, 9.17) is 9.97 Å². The molecule has 0 aliphatic rings. The highest BCUT2D eigenvalue weighted by Gasteiger charge is 2.27. The summed E-state index contributed by atoms with van der Waals surface area (Å²) in [6.07, 6.45) is 0. The SMILES string of the molecule is c1ccc(-n2c(-n3c4ccccc4c4c5ccccc5c5c6cc(-c7ccc(-n8c(-n9c%10ccccc%10c%10c%11sc%12ccccc%12c%11c%11ccccc%11c%109)nc9ccccc98)cc7)ccc6sc5c43)nc3ccccc32)cc1. The molecule has 78 heavy (non-hydrogen) atoms. The van der Waals surface area contributed by atoms with Gasteiger partial charge in [0.15, 0.2) is 0 Å². The standard InChI is InChI=1S/C70H40N6S2/c1-2-18-43(19-3-1)73-57-31-15-11-27-53(57)72-70(73)76-55-29-13-8-24-49(55)61-45-20-4-5-21-46(45)63-52-40-42(36-39-60(52)78-68(63)66(61)76)41-34-37-44(38-35-41)74-58-32-16-12-28-54(58)71-69(74)75-56-30-14-9-25-50(56)64-65(75)48-23-7-6-22-47(48)62-51-26-10-17-33-59(51)77-67(62)64/h1-40H. The Bertz CT molecular complexity index is 5570. The third-order valence-corrected chi connectivity index (χ3v) is 18.7. The number of fused-ring (bicyclic) bond motifs is 22. The first-order valence-corrected chi connectivity index (χ1v) is 28.0. The number of imidazole rings is 2. The van der Waals surface area contributed by atoms with Gasteiger partial charge in [0.25, 0.3) is 0 Å². The number of rotatable bonds is 5. The molecule has 0 radical (unpaired) electrons. The second kappa shape index (κ2) is 15.8. The van der Waals surface area contributed by atoms with Crippen LogP contribution < -0.4 is 0 Å². The van der Waals surface area contributed by atoms with Crippen LogP contribution in [0.15, 0.2) is 243 Å². The monoisotopic (exact) mass is 1030 g/mol. The minimum atomic E-state index is 0.863. The molecule has 0 atom stereocenters. The fraction of sp³-hybridized carbons (Fsp3) is 0. The van der Waals surface area contributed by atoms with Crippen molar-refractivity contribution >= 4 is 150 Å². The summed E-state index contributed by atoms with van der Waals surface area (Å²) in [4.78, 5) is 11.0. The second-order valence-corrected chi connectivity index (χ2v) is 22.5. The summed E-state index contributed by atoms with van der Waals surface area (Å²) in [5.74, 6) is 1.74. The van der Waals surface area contributed by atoms with Crippen LogP contribution in [0.4, 0.5) is 0 Å². The summed E-state index contributed by atoms with van der Waals surface area (Å²) in [5.41, 5.74) is 13.1. The van der Waals surface area contributed by atoms with Gasteiger partial charge in [-0.3, -0.25) is 18.3 Å². The van der Waals surface area contributed by atoms with Crippen molar-refractivity contribution in [2.45, 2.75) is 0 Å². The van der Waals surface area contributed by atoms with Crippen LogP contribution in [-0.2, 0) is 0 Å². The maximum atomic E-state index is 5.54. The summed E-state index contributed by atoms with van der Waals surface area (Å²) in [7, 11) is 0. The molecule has 0 saturated carbocycles. The average Bonchev–Trinajstić information content (AvgIpc) is 4.43. The summed E-state index contributed by atoms with van der Waals surface area (Å²) >= 11 is 3.77. The first-order valence-electron chi connectivity index (χ1n) is 26.4. The fourth-order valence-electron chi connectivity index (χ4n) is 13.1. The van der Waals surface area contributed by atoms with Crippen LogP contribution >= 0.6 is 22.7 Å². The van der Waals surface area contributed by atoms with Crippen LogP contribution in [0.3, 0.4) is 0 Å². The van der Waals surface area contributed by atoms with Gasteiger partial charge in [-0.25, -0.2) is 9.97 Å². The molecular weight excluding hydrogens is 989 g/mol. The predicted molar refractivity (Wildman–Crippen MR) is 331 cm³/mol. The minimum Gasteiger partial charge on any atom is -0.278 e. The van der Waals surface area contributed by atoms with E-state index in [2.05, 4.69) is 261 Å². The van der Waals surface area contributed by atoms with Gasteiger partial charge in [0.2, 0.25) is 11.9 Å². The van der Waals surface area contributed by atoms with Gasteiger partial charge in [0.05, 0.1) is 48.8 Å². The van der Waals surface area contributed by atoms with Crippen molar-refractivity contribution in [1.29, 1.82) is 0 Å². The van der Waals surface area contributed by atoms with Gasteiger partial charge in [0.1, 0.15) is 0 Å². The molecule has 12 aromatic carbocycles. The Morgan fingerprint density at radius 2 is 0.718 bits per heavy atom. The van der Waals surface area contributed by atoms with Crippen molar-refractivity contribution < 1.29 is 0 Å². The lowest BCUT2D eigenvalue weighted by atomic mass is 9.97. The number of thiophene rings is 2. The number of benzene rings is 12. The third-order valence-electron chi connectivity index (χ3n) is 16.4. The lowest BCUT2D eigenvalue weighted by molar-refractivity contribution is 0.957. The number of aromatic nitrogens is 6. The van der Waals surface area contributed by atoms with E-state index in [0.717, 1.165) is 61.9 Å². The van der Waals surface area contributed by atoms with Crippen molar-refractivity contribution in [3.8, 4) is 34.4 Å². The zero-order valence-electron chi connectivity index (χ0n) is 41.6. The second-order valence-electron chi connectivity index (χ2n) is 20.4. The van der Waals surface area contributed by atoms with Gasteiger partial charge in [-0.15, -0.1) is 22.7 Å². The number of nitrogens with zero attached hydrogens (tertiary/aromatic N) is 6. The molecule has 0 amide bonds. The van der Waals surface area contributed by atoms with Gasteiger partial charge in [-0.05, 0) is 106 Å². The van der Waals surface area contributed by atoms with Gasteiger partial charge in [0, 0.05) is 74.0 Å². The number of hydrogen-bond acceptors (Lipinski definition) is 4. The Kier molecular flexibility index (Phi) is 8.61. The van der Waals surface area contributed by atoms with Crippen LogP contribution in [0.5, 0.6) is 0 Å². The van der Waals surface area contributed by atoms with E-state index in [-0.39, 0.29) is 0 Å². The van der Waals surface area contributed by atoms with Gasteiger partial charge in [-0.2, -0.15) is 0 Å². The molecule has 0 unspecified atom stereocenters. The van der Waals surface area contributed by atoms with Crippen LogP contribution in [0.1, 0.15) is 0 Å². The third kappa shape index (κ3) is 5.69. The highest BCUT2D eigenvalue weighted by atomic mass is 32.1. The normalized spacial score (nSPS) is 12.4. The van der Waals surface area contributed by atoms with Crippen molar-refractivity contribution in [3.05, 3.63) is 243 Å². The molecule has 0 bridgehead atoms. The smallest absolute Gasteiger partial charge is 0.220 e. The molecule has 6 nitrogen and oxygen atoms in total. The molecule has 0 saturated heterocycles. The highest BCUT2D eigenvalue weighted by Crippen LogP contribution is 2.51. The Balaban J connectivity index is 0.846. The van der Waals surface area contributed by atoms with E-state index in [0.29, 0.717) is 0 Å².